The molecule has 0 aromatic rings. The van der Waals surface area contributed by atoms with Crippen LogP contribution in [0.25, 0.3) is 0 Å². The molecule has 2 atom stereocenters. The minimum atomic E-state index is -0.485. The van der Waals surface area contributed by atoms with Crippen LogP contribution in [0.4, 0.5) is 4.79 Å². The van der Waals surface area contributed by atoms with Crippen molar-refractivity contribution in [2.75, 3.05) is 13.1 Å². The Morgan fingerprint density at radius 1 is 1.23 bits per heavy atom. The van der Waals surface area contributed by atoms with Crippen LogP contribution in [0.3, 0.4) is 0 Å². The van der Waals surface area contributed by atoms with E-state index in [4.69, 9.17) is 10.5 Å². The molecular formula is C17H37N3O2. The van der Waals surface area contributed by atoms with Gasteiger partial charge in [-0.05, 0) is 54.5 Å². The van der Waals surface area contributed by atoms with Gasteiger partial charge in [0.2, 0.25) is 0 Å². The quantitative estimate of drug-likeness (QED) is 0.642. The first-order valence-corrected chi connectivity index (χ1v) is 8.57. The molecule has 1 amide bonds. The van der Waals surface area contributed by atoms with Crippen molar-refractivity contribution in [2.45, 2.75) is 91.5 Å². The maximum atomic E-state index is 11.9. The normalized spacial score (nSPS) is 15.0. The minimum Gasteiger partial charge on any atom is -0.444 e. The van der Waals surface area contributed by atoms with E-state index in [1.165, 1.54) is 12.8 Å². The van der Waals surface area contributed by atoms with Crippen molar-refractivity contribution in [1.29, 1.82) is 0 Å². The number of nitrogens with two attached hydrogens (primary N) is 1. The van der Waals surface area contributed by atoms with Crippen LogP contribution in [0, 0.1) is 0 Å². The molecule has 0 aromatic carbocycles. The van der Waals surface area contributed by atoms with Crippen molar-refractivity contribution in [3.05, 3.63) is 0 Å². The predicted octanol–water partition coefficient (Wildman–Crippen LogP) is 3.13. The fourth-order valence-electron chi connectivity index (χ4n) is 2.57. The lowest BCUT2D eigenvalue weighted by Gasteiger charge is -2.38. The number of nitrogens with zero attached hydrogens (tertiary/aromatic N) is 1. The number of amides is 1. The maximum Gasteiger partial charge on any atom is 0.407 e. The summed E-state index contributed by atoms with van der Waals surface area (Å²) in [5.41, 5.74) is 5.50. The lowest BCUT2D eigenvalue weighted by molar-refractivity contribution is 0.0453. The Morgan fingerprint density at radius 3 is 2.23 bits per heavy atom. The summed E-state index contributed by atoms with van der Waals surface area (Å²) in [7, 11) is 0. The highest BCUT2D eigenvalue weighted by Gasteiger charge is 2.27. The lowest BCUT2D eigenvalue weighted by Crippen LogP contribution is -2.56. The first kappa shape index (κ1) is 21.2. The van der Waals surface area contributed by atoms with Crippen LogP contribution in [-0.2, 0) is 4.74 Å². The van der Waals surface area contributed by atoms with Crippen molar-refractivity contribution in [1.82, 2.24) is 10.2 Å². The van der Waals surface area contributed by atoms with E-state index in [2.05, 4.69) is 31.0 Å². The Kier molecular flexibility index (Phi) is 9.69. The van der Waals surface area contributed by atoms with E-state index in [1.807, 2.05) is 27.7 Å². The SMILES string of the molecule is CCCCCN(C(C)C)C(CN)C(C)NC(=O)OC(C)(C)C. The average molecular weight is 316 g/mol. The molecule has 3 N–H and O–H groups in total. The predicted molar refractivity (Wildman–Crippen MR) is 93.0 cm³/mol. The molecule has 0 aliphatic rings. The molecule has 0 rings (SSSR count). The van der Waals surface area contributed by atoms with Crippen molar-refractivity contribution < 1.29 is 9.53 Å². The van der Waals surface area contributed by atoms with Gasteiger partial charge in [0.1, 0.15) is 5.60 Å². The Labute approximate surface area is 137 Å². The Bertz CT molecular complexity index is 314. The van der Waals surface area contributed by atoms with Crippen LogP contribution >= 0.6 is 0 Å². The smallest absolute Gasteiger partial charge is 0.407 e. The number of carbonyl (C=O) groups is 1. The van der Waals surface area contributed by atoms with Gasteiger partial charge in [0, 0.05) is 24.7 Å². The molecule has 0 aliphatic heterocycles. The molecular weight excluding hydrogens is 278 g/mol. The number of unbranched alkanes of at least 4 members (excludes halogenated alkanes) is 2. The van der Waals surface area contributed by atoms with Gasteiger partial charge in [0.05, 0.1) is 0 Å². The van der Waals surface area contributed by atoms with E-state index < -0.39 is 5.60 Å². The summed E-state index contributed by atoms with van der Waals surface area (Å²) < 4.78 is 5.33. The second kappa shape index (κ2) is 10.1. The van der Waals surface area contributed by atoms with Crippen LogP contribution in [-0.4, -0.2) is 47.8 Å². The topological polar surface area (TPSA) is 67.6 Å². The van der Waals surface area contributed by atoms with E-state index in [0.29, 0.717) is 12.6 Å². The molecule has 0 saturated heterocycles. The van der Waals surface area contributed by atoms with Gasteiger partial charge < -0.3 is 15.8 Å². The first-order valence-electron chi connectivity index (χ1n) is 8.57. The van der Waals surface area contributed by atoms with Crippen LogP contribution in [0.5, 0.6) is 0 Å². The average Bonchev–Trinajstić information content (AvgIpc) is 2.35. The number of hydrogen-bond acceptors (Lipinski definition) is 4. The first-order chi connectivity index (χ1) is 10.1. The number of rotatable bonds is 9. The highest BCUT2D eigenvalue weighted by molar-refractivity contribution is 5.68. The summed E-state index contributed by atoms with van der Waals surface area (Å²) in [6.07, 6.45) is 3.19. The fourth-order valence-corrected chi connectivity index (χ4v) is 2.57. The third-order valence-corrected chi connectivity index (χ3v) is 3.67. The molecule has 0 heterocycles. The van der Waals surface area contributed by atoms with E-state index >= 15 is 0 Å². The number of nitrogens with one attached hydrogen (secondary N) is 1. The third-order valence-electron chi connectivity index (χ3n) is 3.67. The van der Waals surface area contributed by atoms with Gasteiger partial charge in [-0.3, -0.25) is 4.90 Å². The summed E-state index contributed by atoms with van der Waals surface area (Å²) in [5, 5.41) is 2.93. The molecule has 0 fully saturated rings. The van der Waals surface area contributed by atoms with Crippen LogP contribution in [0.1, 0.15) is 67.7 Å². The molecule has 5 heteroatoms. The van der Waals surface area contributed by atoms with Gasteiger partial charge in [-0.2, -0.15) is 0 Å². The molecule has 0 radical (unpaired) electrons. The minimum absolute atomic E-state index is 0.0520. The molecule has 22 heavy (non-hydrogen) atoms. The second-order valence-electron chi connectivity index (χ2n) is 7.28. The summed E-state index contributed by atoms with van der Waals surface area (Å²) >= 11 is 0. The molecule has 132 valence electrons. The van der Waals surface area contributed by atoms with Crippen molar-refractivity contribution >= 4 is 6.09 Å². The molecule has 0 aliphatic carbocycles. The molecule has 0 bridgehead atoms. The van der Waals surface area contributed by atoms with Gasteiger partial charge in [-0.25, -0.2) is 4.79 Å². The van der Waals surface area contributed by atoms with Crippen molar-refractivity contribution in [2.24, 2.45) is 5.73 Å². The summed E-state index contributed by atoms with van der Waals surface area (Å²) in [4.78, 5) is 14.3. The van der Waals surface area contributed by atoms with Gasteiger partial charge in [-0.1, -0.05) is 19.8 Å². The molecule has 2 unspecified atom stereocenters. The molecule has 0 spiro atoms. The Balaban J connectivity index is 4.70. The highest BCUT2D eigenvalue weighted by atomic mass is 16.6. The number of alkyl carbamates (subject to hydrolysis) is 1. The summed E-state index contributed by atoms with van der Waals surface area (Å²) in [6, 6.07) is 0.460. The number of carbonyl (C=O) groups excluding carboxylic acids is 1. The molecule has 0 saturated carbocycles. The van der Waals surface area contributed by atoms with Crippen molar-refractivity contribution in [3.63, 3.8) is 0 Å². The van der Waals surface area contributed by atoms with Gasteiger partial charge >= 0.3 is 6.09 Å². The largest absolute Gasteiger partial charge is 0.444 e. The zero-order chi connectivity index (χ0) is 17.3. The number of hydrogen-bond donors (Lipinski definition) is 2. The zero-order valence-electron chi connectivity index (χ0n) is 15.6. The van der Waals surface area contributed by atoms with E-state index in [0.717, 1.165) is 13.0 Å². The lowest BCUT2D eigenvalue weighted by atomic mass is 10.1. The Hall–Kier alpha value is -0.810. The van der Waals surface area contributed by atoms with Crippen LogP contribution in [0.15, 0.2) is 0 Å². The van der Waals surface area contributed by atoms with Crippen LogP contribution < -0.4 is 11.1 Å². The summed E-state index contributed by atoms with van der Waals surface area (Å²) in [5.74, 6) is 0. The van der Waals surface area contributed by atoms with Gasteiger partial charge in [0.15, 0.2) is 0 Å². The van der Waals surface area contributed by atoms with Gasteiger partial charge in [0.25, 0.3) is 0 Å². The third kappa shape index (κ3) is 8.59. The summed E-state index contributed by atoms with van der Waals surface area (Å²) in [6.45, 7) is 15.7. The second-order valence-corrected chi connectivity index (χ2v) is 7.28. The van der Waals surface area contributed by atoms with Crippen molar-refractivity contribution in [3.8, 4) is 0 Å². The van der Waals surface area contributed by atoms with E-state index in [1.54, 1.807) is 0 Å². The number of ether oxygens (including phenoxy) is 1. The van der Waals surface area contributed by atoms with Gasteiger partial charge in [-0.15, -0.1) is 0 Å². The molecule has 5 nitrogen and oxygen atoms in total. The standard InChI is InChI=1S/C17H37N3O2/c1-8-9-10-11-20(13(2)3)15(12-18)14(4)19-16(21)22-17(5,6)7/h13-15H,8-12,18H2,1-7H3,(H,19,21). The van der Waals surface area contributed by atoms with E-state index in [-0.39, 0.29) is 18.2 Å². The fraction of sp³-hybridized carbons (Fsp3) is 0.941. The zero-order valence-corrected chi connectivity index (χ0v) is 15.6. The molecule has 0 aromatic heterocycles. The maximum absolute atomic E-state index is 11.9. The highest BCUT2D eigenvalue weighted by Crippen LogP contribution is 2.13. The van der Waals surface area contributed by atoms with Crippen LogP contribution in [0.2, 0.25) is 0 Å². The Morgan fingerprint density at radius 2 is 1.82 bits per heavy atom. The van der Waals surface area contributed by atoms with E-state index in [9.17, 15) is 4.79 Å². The monoisotopic (exact) mass is 315 g/mol.